The van der Waals surface area contributed by atoms with E-state index in [1.54, 1.807) is 6.07 Å². The summed E-state index contributed by atoms with van der Waals surface area (Å²) in [7, 11) is 0. The van der Waals surface area contributed by atoms with Gasteiger partial charge in [0.2, 0.25) is 0 Å². The summed E-state index contributed by atoms with van der Waals surface area (Å²) in [5.41, 5.74) is 4.76. The van der Waals surface area contributed by atoms with Gasteiger partial charge in [-0.15, -0.1) is 0 Å². The van der Waals surface area contributed by atoms with Crippen LogP contribution in [0.3, 0.4) is 0 Å². The molecule has 0 saturated carbocycles. The van der Waals surface area contributed by atoms with Crippen LogP contribution in [0.5, 0.6) is 0 Å². The molecule has 2 heterocycles. The average molecular weight is 328 g/mol. The Morgan fingerprint density at radius 1 is 1.00 bits per heavy atom. The standard InChI is InChI=1S/C19H12N4S/c20-11-13-10-14-17(12-6-2-1-3-7-12)21-15-8-4-5-9-16(15)22-18(14)23-19(13)24/h1-10H,(H2,22,23,24). The average Bonchev–Trinajstić information content (AvgIpc) is 2.78. The first-order valence-electron chi connectivity index (χ1n) is 7.44. The molecule has 1 aromatic heterocycles. The molecule has 0 amide bonds. The number of nitrogens with one attached hydrogen (secondary N) is 2. The zero-order valence-electron chi connectivity index (χ0n) is 12.6. The van der Waals surface area contributed by atoms with Crippen molar-refractivity contribution < 1.29 is 0 Å². The van der Waals surface area contributed by atoms with E-state index in [1.165, 1.54) is 0 Å². The lowest BCUT2D eigenvalue weighted by Gasteiger charge is -2.11. The molecule has 0 spiro atoms. The summed E-state index contributed by atoms with van der Waals surface area (Å²) in [4.78, 5) is 7.97. The molecule has 0 radical (unpaired) electrons. The third kappa shape index (κ3) is 2.39. The number of aromatic nitrogens is 1. The molecule has 4 rings (SSSR count). The maximum atomic E-state index is 9.32. The van der Waals surface area contributed by atoms with Crippen LogP contribution in [0.1, 0.15) is 16.7 Å². The van der Waals surface area contributed by atoms with E-state index in [1.807, 2.05) is 54.6 Å². The van der Waals surface area contributed by atoms with E-state index < -0.39 is 0 Å². The van der Waals surface area contributed by atoms with E-state index in [2.05, 4.69) is 16.4 Å². The van der Waals surface area contributed by atoms with Gasteiger partial charge in [0.15, 0.2) is 0 Å². The van der Waals surface area contributed by atoms with Gasteiger partial charge in [-0.25, -0.2) is 4.99 Å². The van der Waals surface area contributed by atoms with Crippen molar-refractivity contribution in [3.05, 3.63) is 82.0 Å². The van der Waals surface area contributed by atoms with Gasteiger partial charge in [-0.2, -0.15) is 5.26 Å². The lowest BCUT2D eigenvalue weighted by atomic mass is 10.0. The third-order valence-electron chi connectivity index (χ3n) is 3.86. The Morgan fingerprint density at radius 3 is 2.54 bits per heavy atom. The summed E-state index contributed by atoms with van der Waals surface area (Å²) in [6, 6.07) is 21.7. The summed E-state index contributed by atoms with van der Waals surface area (Å²) in [6.07, 6.45) is 0. The van der Waals surface area contributed by atoms with Gasteiger partial charge >= 0.3 is 0 Å². The number of H-pyrrole nitrogens is 1. The van der Waals surface area contributed by atoms with E-state index >= 15 is 0 Å². The molecule has 114 valence electrons. The Hall–Kier alpha value is -3.23. The highest BCUT2D eigenvalue weighted by Gasteiger charge is 2.19. The largest absolute Gasteiger partial charge is 0.339 e. The molecule has 2 N–H and O–H groups in total. The fraction of sp³-hybridized carbons (Fsp3) is 0. The summed E-state index contributed by atoms with van der Waals surface area (Å²) in [5.74, 6) is 0.742. The number of aliphatic imine (C=N–C) groups is 1. The number of benzene rings is 2. The minimum atomic E-state index is 0.413. The minimum absolute atomic E-state index is 0.413. The molecule has 1 aliphatic heterocycles. The van der Waals surface area contributed by atoms with Crippen LogP contribution in [-0.4, -0.2) is 10.7 Å². The maximum Gasteiger partial charge on any atom is 0.122 e. The molecular weight excluding hydrogens is 316 g/mol. The smallest absolute Gasteiger partial charge is 0.122 e. The predicted octanol–water partition coefficient (Wildman–Crippen LogP) is 4.84. The molecule has 0 atom stereocenters. The van der Waals surface area contributed by atoms with E-state index in [9.17, 15) is 5.26 Å². The minimum Gasteiger partial charge on any atom is -0.339 e. The number of pyridine rings is 1. The summed E-state index contributed by atoms with van der Waals surface area (Å²) in [5, 5.41) is 12.7. The second-order valence-corrected chi connectivity index (χ2v) is 5.79. The maximum absolute atomic E-state index is 9.32. The molecular formula is C19H12N4S. The Bertz CT molecular complexity index is 1060. The van der Waals surface area contributed by atoms with Gasteiger partial charge in [-0.1, -0.05) is 54.7 Å². The van der Waals surface area contributed by atoms with Crippen LogP contribution in [0.15, 0.2) is 65.7 Å². The van der Waals surface area contributed by atoms with Crippen LogP contribution < -0.4 is 5.32 Å². The lowest BCUT2D eigenvalue weighted by molar-refractivity contribution is 1.25. The number of para-hydroxylation sites is 2. The van der Waals surface area contributed by atoms with Crippen LogP contribution in [0.25, 0.3) is 0 Å². The molecule has 2 aromatic carbocycles. The van der Waals surface area contributed by atoms with Crippen molar-refractivity contribution in [2.45, 2.75) is 0 Å². The van der Waals surface area contributed by atoms with Gasteiger partial charge in [0.1, 0.15) is 16.5 Å². The second-order valence-electron chi connectivity index (χ2n) is 5.38. The third-order valence-corrected chi connectivity index (χ3v) is 4.18. The Balaban J connectivity index is 2.05. The lowest BCUT2D eigenvalue weighted by Crippen LogP contribution is -2.07. The Kier molecular flexibility index (Phi) is 3.45. The summed E-state index contributed by atoms with van der Waals surface area (Å²) < 4.78 is 0.413. The summed E-state index contributed by atoms with van der Waals surface area (Å²) in [6.45, 7) is 0. The van der Waals surface area contributed by atoms with Gasteiger partial charge in [-0.05, 0) is 18.2 Å². The van der Waals surface area contributed by atoms with Gasteiger partial charge in [0, 0.05) is 11.1 Å². The van der Waals surface area contributed by atoms with Crippen molar-refractivity contribution in [1.82, 2.24) is 4.98 Å². The van der Waals surface area contributed by atoms with Crippen LogP contribution >= 0.6 is 12.2 Å². The van der Waals surface area contributed by atoms with Crippen LogP contribution in [0.4, 0.5) is 17.2 Å². The number of anilines is 2. The number of rotatable bonds is 1. The van der Waals surface area contributed by atoms with Gasteiger partial charge in [0.05, 0.1) is 22.6 Å². The van der Waals surface area contributed by atoms with Gasteiger partial charge in [0.25, 0.3) is 0 Å². The predicted molar refractivity (Wildman–Crippen MR) is 97.8 cm³/mol. The van der Waals surface area contributed by atoms with E-state index in [0.717, 1.165) is 34.0 Å². The highest BCUT2D eigenvalue weighted by Crippen LogP contribution is 2.34. The number of aromatic amines is 1. The van der Waals surface area contributed by atoms with Crippen molar-refractivity contribution in [3.63, 3.8) is 0 Å². The molecule has 0 aliphatic carbocycles. The highest BCUT2D eigenvalue weighted by molar-refractivity contribution is 7.71. The molecule has 0 unspecified atom stereocenters. The zero-order chi connectivity index (χ0) is 16.5. The molecule has 5 heteroatoms. The molecule has 1 aliphatic rings. The van der Waals surface area contributed by atoms with Crippen molar-refractivity contribution >= 4 is 35.1 Å². The fourth-order valence-electron chi connectivity index (χ4n) is 2.71. The molecule has 24 heavy (non-hydrogen) atoms. The van der Waals surface area contributed by atoms with Crippen LogP contribution in [-0.2, 0) is 0 Å². The number of nitrogens with zero attached hydrogens (tertiary/aromatic N) is 2. The zero-order valence-corrected chi connectivity index (χ0v) is 13.4. The van der Waals surface area contributed by atoms with Crippen molar-refractivity contribution in [1.29, 1.82) is 5.26 Å². The first-order valence-corrected chi connectivity index (χ1v) is 7.85. The number of hydrogen-bond acceptors (Lipinski definition) is 4. The monoisotopic (exact) mass is 328 g/mol. The number of nitriles is 1. The highest BCUT2D eigenvalue weighted by atomic mass is 32.1. The number of fused-ring (bicyclic) bond motifs is 2. The van der Waals surface area contributed by atoms with Crippen molar-refractivity contribution in [3.8, 4) is 6.07 Å². The molecule has 0 fully saturated rings. The topological polar surface area (TPSA) is 64.0 Å². The van der Waals surface area contributed by atoms with Crippen molar-refractivity contribution in [2.24, 2.45) is 4.99 Å². The molecule has 0 saturated heterocycles. The second kappa shape index (κ2) is 5.76. The quantitative estimate of drug-likeness (QED) is 0.491. The molecule has 4 nitrogen and oxygen atoms in total. The summed E-state index contributed by atoms with van der Waals surface area (Å²) >= 11 is 5.28. The van der Waals surface area contributed by atoms with E-state index in [-0.39, 0.29) is 0 Å². The van der Waals surface area contributed by atoms with Gasteiger partial charge < -0.3 is 10.3 Å². The Labute approximate surface area is 144 Å². The normalized spacial score (nSPS) is 12.0. The number of hydrogen-bond donors (Lipinski definition) is 2. The Morgan fingerprint density at radius 2 is 1.75 bits per heavy atom. The van der Waals surface area contributed by atoms with Crippen molar-refractivity contribution in [2.75, 3.05) is 5.32 Å². The van der Waals surface area contributed by atoms with E-state index in [0.29, 0.717) is 10.2 Å². The first kappa shape index (κ1) is 14.4. The van der Waals surface area contributed by atoms with Crippen LogP contribution in [0, 0.1) is 16.0 Å². The molecule has 0 bridgehead atoms. The SMILES string of the molecule is N#Cc1cc2c([nH]c1=S)Nc1ccccc1N=C2c1ccccc1. The van der Waals surface area contributed by atoms with Crippen LogP contribution in [0.2, 0.25) is 0 Å². The van der Waals surface area contributed by atoms with E-state index in [4.69, 9.17) is 17.2 Å². The first-order chi connectivity index (χ1) is 11.8. The fourth-order valence-corrected chi connectivity index (χ4v) is 2.91. The van der Waals surface area contributed by atoms with Gasteiger partial charge in [-0.3, -0.25) is 0 Å². The molecule has 3 aromatic rings.